The molecule has 0 saturated heterocycles. The highest BCUT2D eigenvalue weighted by Crippen LogP contribution is 2.30. The Hall–Kier alpha value is -1.85. The van der Waals surface area contributed by atoms with Crippen molar-refractivity contribution < 1.29 is 4.92 Å². The van der Waals surface area contributed by atoms with Crippen LogP contribution in [-0.4, -0.2) is 20.7 Å². The fraction of sp³-hybridized carbons (Fsp3) is 0.583. The summed E-state index contributed by atoms with van der Waals surface area (Å²) in [7, 11) is 0. The molecular formula is C12H18N4O2. The third kappa shape index (κ3) is 2.37. The number of nitrogens with zero attached hydrogens (tertiary/aromatic N) is 3. The van der Waals surface area contributed by atoms with Crippen LogP contribution in [0, 0.1) is 17.0 Å². The van der Waals surface area contributed by atoms with Crippen LogP contribution >= 0.6 is 0 Å². The fourth-order valence-corrected chi connectivity index (χ4v) is 2.28. The molecule has 0 fully saturated rings. The van der Waals surface area contributed by atoms with E-state index in [0.717, 1.165) is 19.3 Å². The van der Waals surface area contributed by atoms with E-state index in [1.165, 1.54) is 0 Å². The Morgan fingerprint density at radius 2 is 2.39 bits per heavy atom. The van der Waals surface area contributed by atoms with Crippen LogP contribution in [0.3, 0.4) is 0 Å². The summed E-state index contributed by atoms with van der Waals surface area (Å²) in [6.45, 7) is 4.23. The van der Waals surface area contributed by atoms with E-state index in [9.17, 15) is 10.1 Å². The lowest BCUT2D eigenvalue weighted by molar-refractivity contribution is -0.384. The second kappa shape index (κ2) is 5.20. The Morgan fingerprint density at radius 1 is 1.61 bits per heavy atom. The van der Waals surface area contributed by atoms with Crippen molar-refractivity contribution >= 4 is 11.5 Å². The van der Waals surface area contributed by atoms with Crippen LogP contribution in [0.1, 0.15) is 31.9 Å². The molecular weight excluding hydrogens is 232 g/mol. The van der Waals surface area contributed by atoms with Gasteiger partial charge in [-0.15, -0.1) is 0 Å². The van der Waals surface area contributed by atoms with E-state index in [1.54, 1.807) is 11.6 Å². The third-order valence-corrected chi connectivity index (χ3v) is 3.19. The summed E-state index contributed by atoms with van der Waals surface area (Å²) in [5.74, 6) is 0.542. The SMILES string of the molecule is CCn1nc(C)c([N+](=O)[O-])c1NC1CC=CCC1. The van der Waals surface area contributed by atoms with E-state index in [1.807, 2.05) is 6.92 Å². The lowest BCUT2D eigenvalue weighted by Gasteiger charge is -2.20. The summed E-state index contributed by atoms with van der Waals surface area (Å²) in [5, 5.41) is 18.6. The second-order valence-electron chi connectivity index (χ2n) is 4.48. The van der Waals surface area contributed by atoms with E-state index in [0.29, 0.717) is 18.1 Å². The zero-order valence-electron chi connectivity index (χ0n) is 10.7. The van der Waals surface area contributed by atoms with Crippen molar-refractivity contribution in [2.75, 3.05) is 5.32 Å². The summed E-state index contributed by atoms with van der Waals surface area (Å²) >= 11 is 0. The van der Waals surface area contributed by atoms with Crippen LogP contribution in [0.5, 0.6) is 0 Å². The number of aryl methyl sites for hydroxylation is 2. The van der Waals surface area contributed by atoms with Gasteiger partial charge in [0, 0.05) is 12.6 Å². The topological polar surface area (TPSA) is 73.0 Å². The van der Waals surface area contributed by atoms with Gasteiger partial charge in [-0.1, -0.05) is 12.2 Å². The number of allylic oxidation sites excluding steroid dienone is 1. The lowest BCUT2D eigenvalue weighted by atomic mass is 10.0. The molecule has 0 radical (unpaired) electrons. The van der Waals surface area contributed by atoms with Gasteiger partial charge in [0.15, 0.2) is 0 Å². The molecule has 0 saturated carbocycles. The zero-order chi connectivity index (χ0) is 13.1. The minimum absolute atomic E-state index is 0.103. The van der Waals surface area contributed by atoms with Crippen molar-refractivity contribution in [3.05, 3.63) is 28.0 Å². The number of hydrogen-bond donors (Lipinski definition) is 1. The molecule has 0 aliphatic heterocycles. The monoisotopic (exact) mass is 250 g/mol. The number of nitrogens with one attached hydrogen (secondary N) is 1. The van der Waals surface area contributed by atoms with Crippen LogP contribution in [0.2, 0.25) is 0 Å². The number of anilines is 1. The molecule has 98 valence electrons. The smallest absolute Gasteiger partial charge is 0.333 e. The van der Waals surface area contributed by atoms with Crippen molar-refractivity contribution in [3.8, 4) is 0 Å². The van der Waals surface area contributed by atoms with Gasteiger partial charge in [-0.3, -0.25) is 10.1 Å². The molecule has 2 rings (SSSR count). The minimum atomic E-state index is -0.352. The van der Waals surface area contributed by atoms with Crippen molar-refractivity contribution in [1.82, 2.24) is 9.78 Å². The summed E-state index contributed by atoms with van der Waals surface area (Å²) in [5.41, 5.74) is 0.571. The van der Waals surface area contributed by atoms with Gasteiger partial charge in [-0.25, -0.2) is 4.68 Å². The molecule has 18 heavy (non-hydrogen) atoms. The Labute approximate surface area is 106 Å². The molecule has 1 atom stereocenters. The van der Waals surface area contributed by atoms with Gasteiger partial charge < -0.3 is 5.32 Å². The first kappa shape index (κ1) is 12.6. The molecule has 1 aromatic rings. The van der Waals surface area contributed by atoms with Gasteiger partial charge in [-0.2, -0.15) is 5.10 Å². The van der Waals surface area contributed by atoms with Gasteiger partial charge in [0.25, 0.3) is 0 Å². The Balaban J connectivity index is 2.29. The molecule has 1 aliphatic carbocycles. The highest BCUT2D eigenvalue weighted by molar-refractivity contribution is 5.60. The van der Waals surface area contributed by atoms with E-state index >= 15 is 0 Å². The molecule has 6 nitrogen and oxygen atoms in total. The Bertz CT molecular complexity index is 479. The highest BCUT2D eigenvalue weighted by atomic mass is 16.6. The average molecular weight is 250 g/mol. The first-order valence-corrected chi connectivity index (χ1v) is 6.26. The van der Waals surface area contributed by atoms with E-state index in [2.05, 4.69) is 22.6 Å². The molecule has 1 aliphatic rings. The normalized spacial score (nSPS) is 18.9. The molecule has 0 bridgehead atoms. The van der Waals surface area contributed by atoms with Gasteiger partial charge >= 0.3 is 5.69 Å². The fourth-order valence-electron chi connectivity index (χ4n) is 2.28. The van der Waals surface area contributed by atoms with Crippen LogP contribution in [-0.2, 0) is 6.54 Å². The number of hydrogen-bond acceptors (Lipinski definition) is 4. The molecule has 0 spiro atoms. The number of nitro groups is 1. The van der Waals surface area contributed by atoms with Crippen LogP contribution in [0.25, 0.3) is 0 Å². The summed E-state index contributed by atoms with van der Waals surface area (Å²) < 4.78 is 1.67. The highest BCUT2D eigenvalue weighted by Gasteiger charge is 2.26. The Kier molecular flexibility index (Phi) is 3.64. The van der Waals surface area contributed by atoms with Gasteiger partial charge in [0.2, 0.25) is 5.82 Å². The molecule has 1 unspecified atom stereocenters. The number of aromatic nitrogens is 2. The first-order chi connectivity index (χ1) is 8.63. The van der Waals surface area contributed by atoms with E-state index in [4.69, 9.17) is 0 Å². The third-order valence-electron chi connectivity index (χ3n) is 3.19. The maximum Gasteiger partial charge on any atom is 0.333 e. The van der Waals surface area contributed by atoms with Gasteiger partial charge in [-0.05, 0) is 33.1 Å². The molecule has 0 amide bonds. The van der Waals surface area contributed by atoms with Crippen LogP contribution in [0.15, 0.2) is 12.2 Å². The van der Waals surface area contributed by atoms with Crippen LogP contribution < -0.4 is 5.32 Å². The summed E-state index contributed by atoms with van der Waals surface area (Å²) in [6.07, 6.45) is 7.19. The largest absolute Gasteiger partial charge is 0.361 e. The molecule has 1 N–H and O–H groups in total. The average Bonchev–Trinajstić information content (AvgIpc) is 2.67. The molecule has 6 heteroatoms. The van der Waals surface area contributed by atoms with Crippen molar-refractivity contribution in [3.63, 3.8) is 0 Å². The first-order valence-electron chi connectivity index (χ1n) is 6.26. The number of rotatable bonds is 4. The summed E-state index contributed by atoms with van der Waals surface area (Å²) in [6, 6.07) is 0.259. The van der Waals surface area contributed by atoms with Crippen molar-refractivity contribution in [1.29, 1.82) is 0 Å². The quantitative estimate of drug-likeness (QED) is 0.506. The molecule has 1 aromatic heterocycles. The van der Waals surface area contributed by atoms with Crippen molar-refractivity contribution in [2.24, 2.45) is 0 Å². The summed E-state index contributed by atoms with van der Waals surface area (Å²) in [4.78, 5) is 10.8. The molecule has 1 heterocycles. The Morgan fingerprint density at radius 3 is 2.94 bits per heavy atom. The predicted octanol–water partition coefficient (Wildman–Crippen LogP) is 2.64. The van der Waals surface area contributed by atoms with Gasteiger partial charge in [0.1, 0.15) is 5.69 Å². The second-order valence-corrected chi connectivity index (χ2v) is 4.48. The maximum atomic E-state index is 11.1. The van der Waals surface area contributed by atoms with Crippen molar-refractivity contribution in [2.45, 2.75) is 45.7 Å². The zero-order valence-corrected chi connectivity index (χ0v) is 10.7. The lowest BCUT2D eigenvalue weighted by Crippen LogP contribution is -2.22. The minimum Gasteiger partial charge on any atom is -0.361 e. The standard InChI is InChI=1S/C12H18N4O2/c1-3-15-12(11(16(17)18)9(2)14-15)13-10-7-5-4-6-8-10/h4-5,10,13H,3,6-8H2,1-2H3. The molecule has 0 aromatic carbocycles. The predicted molar refractivity (Wildman–Crippen MR) is 69.7 cm³/mol. The van der Waals surface area contributed by atoms with Crippen LogP contribution in [0.4, 0.5) is 11.5 Å². The maximum absolute atomic E-state index is 11.1. The van der Waals surface area contributed by atoms with E-state index in [-0.39, 0.29) is 16.7 Å². The van der Waals surface area contributed by atoms with Gasteiger partial charge in [0.05, 0.1) is 4.92 Å². The van der Waals surface area contributed by atoms with E-state index < -0.39 is 0 Å².